The van der Waals surface area contributed by atoms with Crippen molar-refractivity contribution >= 4 is 23.3 Å². The van der Waals surface area contributed by atoms with E-state index in [0.29, 0.717) is 24.7 Å². The Morgan fingerprint density at radius 1 is 1.19 bits per heavy atom. The summed E-state index contributed by atoms with van der Waals surface area (Å²) in [7, 11) is 1.57. The quantitative estimate of drug-likeness (QED) is 0.423. The molecule has 190 valence electrons. The number of fused-ring (bicyclic) bond motifs is 4. The highest BCUT2D eigenvalue weighted by atomic mass is 32.2. The molecule has 5 atom stereocenters. The van der Waals surface area contributed by atoms with Crippen LogP contribution in [0.2, 0.25) is 0 Å². The van der Waals surface area contributed by atoms with Crippen molar-refractivity contribution < 1.29 is 19.4 Å². The van der Waals surface area contributed by atoms with Gasteiger partial charge in [0.15, 0.2) is 11.6 Å². The second-order valence-corrected chi connectivity index (χ2v) is 11.9. The first-order chi connectivity index (χ1) is 17.4. The zero-order valence-electron chi connectivity index (χ0n) is 21.6. The number of methoxy groups -OCH3 is 1. The van der Waals surface area contributed by atoms with Crippen LogP contribution in [0.1, 0.15) is 63.4 Å². The number of ketones is 2. The van der Waals surface area contributed by atoms with E-state index < -0.39 is 5.41 Å². The van der Waals surface area contributed by atoms with Gasteiger partial charge in [-0.3, -0.25) is 9.59 Å². The summed E-state index contributed by atoms with van der Waals surface area (Å²) in [4.78, 5) is 27.2. The Morgan fingerprint density at radius 2 is 1.97 bits per heavy atom. The van der Waals surface area contributed by atoms with E-state index in [9.17, 15) is 14.7 Å². The molecule has 0 saturated heterocycles. The van der Waals surface area contributed by atoms with E-state index >= 15 is 0 Å². The molecule has 0 heterocycles. The Balaban J connectivity index is 1.69. The van der Waals surface area contributed by atoms with Crippen LogP contribution in [0.4, 0.5) is 0 Å². The number of hydrogen-bond donors (Lipinski definition) is 1. The lowest BCUT2D eigenvalue weighted by Crippen LogP contribution is -2.51. The molecule has 1 aromatic carbocycles. The number of aliphatic hydroxyl groups excluding tert-OH is 1. The molecule has 0 amide bonds. The van der Waals surface area contributed by atoms with Crippen molar-refractivity contribution in [1.29, 1.82) is 0 Å². The van der Waals surface area contributed by atoms with Crippen LogP contribution < -0.4 is 0 Å². The molecule has 1 N–H and O–H groups in total. The summed E-state index contributed by atoms with van der Waals surface area (Å²) in [6.45, 7) is 2.08. The Morgan fingerprint density at radius 3 is 2.67 bits per heavy atom. The van der Waals surface area contributed by atoms with Gasteiger partial charge in [0.05, 0.1) is 5.41 Å². The number of ether oxygens (including phenoxy) is 1. The van der Waals surface area contributed by atoms with E-state index in [0.717, 1.165) is 32.1 Å². The smallest absolute Gasteiger partial charge is 0.176 e. The Kier molecular flexibility index (Phi) is 7.07. The molecule has 0 aliphatic heterocycles. The van der Waals surface area contributed by atoms with E-state index in [1.807, 2.05) is 6.08 Å². The zero-order valence-corrected chi connectivity index (χ0v) is 22.4. The van der Waals surface area contributed by atoms with Crippen LogP contribution in [-0.4, -0.2) is 43.3 Å². The van der Waals surface area contributed by atoms with Gasteiger partial charge in [-0.2, -0.15) is 0 Å². The molecule has 0 unspecified atom stereocenters. The summed E-state index contributed by atoms with van der Waals surface area (Å²) in [5, 5.41) is 9.59. The number of hydrogen-bond acceptors (Lipinski definition) is 5. The van der Waals surface area contributed by atoms with Gasteiger partial charge in [0.1, 0.15) is 13.2 Å². The molecule has 5 rings (SSSR count). The average Bonchev–Trinajstić information content (AvgIpc) is 3.19. The molecule has 36 heavy (non-hydrogen) atoms. The summed E-state index contributed by atoms with van der Waals surface area (Å²) in [5.41, 5.74) is 4.31. The van der Waals surface area contributed by atoms with Gasteiger partial charge in [-0.25, -0.2) is 0 Å². The van der Waals surface area contributed by atoms with Gasteiger partial charge in [0, 0.05) is 24.3 Å². The number of aliphatic hydroxyl groups is 1. The van der Waals surface area contributed by atoms with E-state index in [4.69, 9.17) is 4.74 Å². The van der Waals surface area contributed by atoms with Crippen molar-refractivity contribution in [3.8, 4) is 11.8 Å². The van der Waals surface area contributed by atoms with Crippen LogP contribution in [0.5, 0.6) is 0 Å². The second-order valence-electron chi connectivity index (χ2n) is 11.0. The van der Waals surface area contributed by atoms with Crippen LogP contribution in [-0.2, 0) is 14.3 Å². The largest absolute Gasteiger partial charge is 0.384 e. The number of benzene rings is 1. The monoisotopic (exact) mass is 504 g/mol. The summed E-state index contributed by atoms with van der Waals surface area (Å²) >= 11 is 1.74. The fourth-order valence-electron chi connectivity index (χ4n) is 8.00. The molecule has 0 radical (unpaired) electrons. The molecule has 0 spiro atoms. The minimum Gasteiger partial charge on any atom is -0.384 e. The molecule has 2 fully saturated rings. The molecule has 4 aliphatic rings. The van der Waals surface area contributed by atoms with Gasteiger partial charge in [-0.05, 0) is 96.9 Å². The first kappa shape index (κ1) is 25.5. The van der Waals surface area contributed by atoms with Gasteiger partial charge in [-0.15, -0.1) is 11.8 Å². The fourth-order valence-corrected chi connectivity index (χ4v) is 8.41. The maximum absolute atomic E-state index is 13.7. The Bertz CT molecular complexity index is 1180. The normalized spacial score (nSPS) is 33.2. The topological polar surface area (TPSA) is 63.6 Å². The first-order valence-corrected chi connectivity index (χ1v) is 14.3. The average molecular weight is 505 g/mol. The SMILES string of the molecule is COCC(=O)[C@@]1(C#CCO)CC[C@H]2[C@@H]3CCC4=CC(=O)CCC4=C3[C@@H](c3ccc(SC)cc3)C[C@@]21C. The minimum atomic E-state index is -0.817. The Hall–Kier alpha value is -2.13. The molecule has 4 aliphatic carbocycles. The highest BCUT2D eigenvalue weighted by molar-refractivity contribution is 7.98. The number of thioether (sulfide) groups is 1. The number of carbonyl (C=O) groups is 2. The molecular formula is C31H36O4S. The lowest BCUT2D eigenvalue weighted by molar-refractivity contribution is -0.136. The number of carbonyl (C=O) groups excluding carboxylic acids is 2. The molecular weight excluding hydrogens is 468 g/mol. The highest BCUT2D eigenvalue weighted by Crippen LogP contribution is 2.69. The van der Waals surface area contributed by atoms with Crippen LogP contribution >= 0.6 is 11.8 Å². The van der Waals surface area contributed by atoms with Gasteiger partial charge < -0.3 is 9.84 Å². The molecule has 4 nitrogen and oxygen atoms in total. The van der Waals surface area contributed by atoms with Gasteiger partial charge >= 0.3 is 0 Å². The third-order valence-electron chi connectivity index (χ3n) is 9.58. The maximum Gasteiger partial charge on any atom is 0.176 e. The maximum atomic E-state index is 13.7. The molecule has 1 aromatic rings. The minimum absolute atomic E-state index is 0.0446. The van der Waals surface area contributed by atoms with Crippen molar-refractivity contribution in [3.05, 3.63) is 52.6 Å². The Labute approximate surface area is 219 Å². The van der Waals surface area contributed by atoms with Crippen molar-refractivity contribution in [3.63, 3.8) is 0 Å². The van der Waals surface area contributed by atoms with Crippen LogP contribution in [0.25, 0.3) is 0 Å². The van der Waals surface area contributed by atoms with Gasteiger partial charge in [-0.1, -0.05) is 36.5 Å². The lowest BCUT2D eigenvalue weighted by atomic mass is 9.48. The van der Waals surface area contributed by atoms with E-state index in [1.54, 1.807) is 18.9 Å². The van der Waals surface area contributed by atoms with Crippen LogP contribution in [0.15, 0.2) is 52.0 Å². The first-order valence-electron chi connectivity index (χ1n) is 13.1. The summed E-state index contributed by atoms with van der Waals surface area (Å²) < 4.78 is 5.34. The predicted octanol–water partition coefficient (Wildman–Crippen LogP) is 5.51. The van der Waals surface area contributed by atoms with E-state index in [-0.39, 0.29) is 36.1 Å². The summed E-state index contributed by atoms with van der Waals surface area (Å²) in [5.74, 6) is 7.40. The van der Waals surface area contributed by atoms with Crippen molar-refractivity contribution in [1.82, 2.24) is 0 Å². The van der Waals surface area contributed by atoms with E-state index in [2.05, 4.69) is 49.3 Å². The third-order valence-corrected chi connectivity index (χ3v) is 10.3. The van der Waals surface area contributed by atoms with E-state index in [1.165, 1.54) is 27.2 Å². The number of rotatable bonds is 5. The number of Topliss-reactive ketones (excluding diaryl/α,β-unsaturated/α-hetero) is 1. The van der Waals surface area contributed by atoms with Crippen LogP contribution in [0, 0.1) is 34.5 Å². The highest BCUT2D eigenvalue weighted by Gasteiger charge is 2.65. The van der Waals surface area contributed by atoms with Crippen molar-refractivity contribution in [2.75, 3.05) is 26.6 Å². The number of allylic oxidation sites excluding steroid dienone is 4. The lowest BCUT2D eigenvalue weighted by Gasteiger charge is -2.54. The predicted molar refractivity (Wildman–Crippen MR) is 143 cm³/mol. The summed E-state index contributed by atoms with van der Waals surface area (Å²) in [6, 6.07) is 8.90. The second kappa shape index (κ2) is 9.97. The molecule has 5 heteroatoms. The fraction of sp³-hybridized carbons (Fsp3) is 0.548. The molecule has 0 bridgehead atoms. The standard InChI is InChI=1S/C31H36O4S/c1-30-18-26(20-5-9-23(36-3)10-6-20)29-24-12-8-22(33)17-21(24)7-11-25(29)27(30)13-15-31(30,14-4-16-32)28(34)19-35-2/h5-6,9-10,17,25-27,32H,7-8,11-13,15-16,18-19H2,1-3H3/t25-,26+,27-,30-,31+/m0/s1. The molecule has 0 aromatic heterocycles. The van der Waals surface area contributed by atoms with Gasteiger partial charge in [0.25, 0.3) is 0 Å². The molecule has 2 saturated carbocycles. The van der Waals surface area contributed by atoms with Crippen LogP contribution in [0.3, 0.4) is 0 Å². The summed E-state index contributed by atoms with van der Waals surface area (Å²) in [6.07, 6.45) is 9.85. The van der Waals surface area contributed by atoms with Gasteiger partial charge in [0.2, 0.25) is 0 Å². The van der Waals surface area contributed by atoms with Crippen molar-refractivity contribution in [2.24, 2.45) is 22.7 Å². The van der Waals surface area contributed by atoms with Crippen molar-refractivity contribution in [2.45, 2.75) is 62.7 Å². The third kappa shape index (κ3) is 3.93. The zero-order chi connectivity index (χ0) is 25.5.